The van der Waals surface area contributed by atoms with Gasteiger partial charge in [-0.05, 0) is 23.8 Å². The third-order valence-corrected chi connectivity index (χ3v) is 4.88. The highest BCUT2D eigenvalue weighted by Gasteiger charge is 2.16. The van der Waals surface area contributed by atoms with Gasteiger partial charge in [-0.2, -0.15) is 9.61 Å². The van der Waals surface area contributed by atoms with Crippen molar-refractivity contribution in [3.05, 3.63) is 57.6 Å². The summed E-state index contributed by atoms with van der Waals surface area (Å²) in [6, 6.07) is 9.22. The zero-order valence-electron chi connectivity index (χ0n) is 12.7. The lowest BCUT2D eigenvalue weighted by Gasteiger charge is -2.09. The molecule has 0 aliphatic rings. The van der Waals surface area contributed by atoms with E-state index in [1.54, 1.807) is 17.7 Å². The molecule has 0 atom stereocenters. The molecule has 0 saturated heterocycles. The number of thiophene rings is 1. The van der Waals surface area contributed by atoms with Gasteiger partial charge in [-0.15, -0.1) is 11.3 Å². The molecule has 0 fully saturated rings. The Morgan fingerprint density at radius 3 is 2.79 bits per heavy atom. The number of nitrogens with zero attached hydrogens (tertiary/aromatic N) is 4. The number of aromatic nitrogens is 4. The monoisotopic (exact) mass is 340 g/mol. The molecule has 0 radical (unpaired) electrons. The minimum atomic E-state index is -0.287. The molecule has 0 saturated carbocycles. The second kappa shape index (κ2) is 5.57. The Morgan fingerprint density at radius 2 is 2.08 bits per heavy atom. The topological polar surface area (TPSA) is 78.5 Å². The summed E-state index contributed by atoms with van der Waals surface area (Å²) in [5, 5.41) is 4.74. The Morgan fingerprint density at radius 1 is 1.29 bits per heavy atom. The fourth-order valence-electron chi connectivity index (χ4n) is 2.64. The SMILES string of the molecule is COc1ccc(Cn2c(=O)n3ncnc3c3cc(C=O)sc32)cc1. The van der Waals surface area contributed by atoms with Gasteiger partial charge in [0.2, 0.25) is 0 Å². The van der Waals surface area contributed by atoms with Gasteiger partial charge in [0.05, 0.1) is 23.9 Å². The van der Waals surface area contributed by atoms with Crippen LogP contribution >= 0.6 is 11.3 Å². The molecule has 1 aromatic carbocycles. The highest BCUT2D eigenvalue weighted by molar-refractivity contribution is 7.20. The van der Waals surface area contributed by atoms with Gasteiger partial charge in [0.25, 0.3) is 0 Å². The number of hydrogen-bond acceptors (Lipinski definition) is 6. The van der Waals surface area contributed by atoms with Crippen molar-refractivity contribution in [3.63, 3.8) is 0 Å². The summed E-state index contributed by atoms with van der Waals surface area (Å²) < 4.78 is 8.02. The van der Waals surface area contributed by atoms with Crippen LogP contribution in [0, 0.1) is 0 Å². The number of benzene rings is 1. The van der Waals surface area contributed by atoms with E-state index in [0.29, 0.717) is 21.9 Å². The van der Waals surface area contributed by atoms with E-state index >= 15 is 0 Å². The van der Waals surface area contributed by atoms with Crippen LogP contribution in [-0.2, 0) is 6.54 Å². The third kappa shape index (κ3) is 2.19. The maximum atomic E-state index is 12.7. The van der Waals surface area contributed by atoms with Crippen LogP contribution in [0.1, 0.15) is 15.2 Å². The Balaban J connectivity index is 1.94. The molecular formula is C16H12N4O3S. The van der Waals surface area contributed by atoms with E-state index in [4.69, 9.17) is 4.74 Å². The van der Waals surface area contributed by atoms with Crippen LogP contribution in [0.2, 0.25) is 0 Å². The van der Waals surface area contributed by atoms with Gasteiger partial charge in [0.15, 0.2) is 11.9 Å². The van der Waals surface area contributed by atoms with E-state index < -0.39 is 0 Å². The normalized spacial score (nSPS) is 11.2. The molecule has 0 aliphatic heterocycles. The quantitative estimate of drug-likeness (QED) is 0.531. The highest BCUT2D eigenvalue weighted by atomic mass is 32.1. The van der Waals surface area contributed by atoms with Crippen LogP contribution in [0.15, 0.2) is 41.5 Å². The van der Waals surface area contributed by atoms with Gasteiger partial charge >= 0.3 is 5.69 Å². The van der Waals surface area contributed by atoms with Crippen LogP contribution in [0.4, 0.5) is 0 Å². The third-order valence-electron chi connectivity index (χ3n) is 3.79. The maximum Gasteiger partial charge on any atom is 0.352 e. The van der Waals surface area contributed by atoms with E-state index in [1.165, 1.54) is 22.2 Å². The summed E-state index contributed by atoms with van der Waals surface area (Å²) >= 11 is 1.27. The standard InChI is InChI=1S/C16H12N4O3S/c1-23-11-4-2-10(3-5-11)7-19-15-13(6-12(8-21)24-15)14-17-9-18-20(14)16(19)22/h2-6,8-9H,7H2,1H3. The number of fused-ring (bicyclic) bond motifs is 3. The largest absolute Gasteiger partial charge is 0.497 e. The molecular weight excluding hydrogens is 328 g/mol. The molecule has 0 unspecified atom stereocenters. The van der Waals surface area contributed by atoms with Crippen molar-refractivity contribution in [1.29, 1.82) is 0 Å². The summed E-state index contributed by atoms with van der Waals surface area (Å²) in [6.45, 7) is 0.369. The lowest BCUT2D eigenvalue weighted by molar-refractivity contribution is 0.112. The molecule has 8 heteroatoms. The number of carbonyl (C=O) groups is 1. The van der Waals surface area contributed by atoms with Crippen molar-refractivity contribution in [2.24, 2.45) is 0 Å². The Hall–Kier alpha value is -3.00. The lowest BCUT2D eigenvalue weighted by atomic mass is 10.2. The van der Waals surface area contributed by atoms with Gasteiger partial charge in [0, 0.05) is 0 Å². The molecule has 3 aromatic heterocycles. The van der Waals surface area contributed by atoms with E-state index in [1.807, 2.05) is 24.3 Å². The Kier molecular flexibility index (Phi) is 3.39. The lowest BCUT2D eigenvalue weighted by Crippen LogP contribution is -2.27. The molecule has 0 bridgehead atoms. The fraction of sp³-hybridized carbons (Fsp3) is 0.125. The molecule has 24 heavy (non-hydrogen) atoms. The van der Waals surface area contributed by atoms with E-state index in [0.717, 1.165) is 23.0 Å². The minimum absolute atomic E-state index is 0.287. The van der Waals surface area contributed by atoms with Crippen molar-refractivity contribution in [2.75, 3.05) is 7.11 Å². The predicted molar refractivity (Wildman–Crippen MR) is 90.1 cm³/mol. The molecule has 7 nitrogen and oxygen atoms in total. The van der Waals surface area contributed by atoms with E-state index in [-0.39, 0.29) is 5.69 Å². The van der Waals surface area contributed by atoms with Crippen molar-refractivity contribution >= 4 is 33.5 Å². The zero-order valence-corrected chi connectivity index (χ0v) is 13.5. The average Bonchev–Trinajstić information content (AvgIpc) is 3.25. The number of methoxy groups -OCH3 is 1. The van der Waals surface area contributed by atoms with Gasteiger partial charge in [-0.3, -0.25) is 9.36 Å². The first-order valence-corrected chi connectivity index (χ1v) is 7.97. The second-order valence-electron chi connectivity index (χ2n) is 5.20. The van der Waals surface area contributed by atoms with E-state index in [2.05, 4.69) is 10.1 Å². The molecule has 0 spiro atoms. The number of carbonyl (C=O) groups excluding carboxylic acids is 1. The smallest absolute Gasteiger partial charge is 0.352 e. The van der Waals surface area contributed by atoms with Crippen molar-refractivity contribution in [2.45, 2.75) is 6.54 Å². The first-order chi connectivity index (χ1) is 11.7. The number of ether oxygens (including phenoxy) is 1. The van der Waals surface area contributed by atoms with Gasteiger partial charge in [0.1, 0.15) is 16.9 Å². The number of aldehydes is 1. The van der Waals surface area contributed by atoms with Crippen LogP contribution in [0.3, 0.4) is 0 Å². The predicted octanol–water partition coefficient (Wildman–Crippen LogP) is 1.98. The molecule has 4 rings (SSSR count). The van der Waals surface area contributed by atoms with Gasteiger partial charge in [-0.25, -0.2) is 9.78 Å². The first kappa shape index (κ1) is 14.6. The van der Waals surface area contributed by atoms with Crippen molar-refractivity contribution in [1.82, 2.24) is 19.2 Å². The van der Waals surface area contributed by atoms with Gasteiger partial charge < -0.3 is 4.74 Å². The van der Waals surface area contributed by atoms with Gasteiger partial charge in [-0.1, -0.05) is 12.1 Å². The zero-order chi connectivity index (χ0) is 16.7. The maximum absolute atomic E-state index is 12.7. The van der Waals surface area contributed by atoms with Crippen molar-refractivity contribution < 1.29 is 9.53 Å². The molecule has 4 aromatic rings. The summed E-state index contributed by atoms with van der Waals surface area (Å²) in [7, 11) is 1.61. The van der Waals surface area contributed by atoms with Crippen LogP contribution in [0.25, 0.3) is 15.9 Å². The second-order valence-corrected chi connectivity index (χ2v) is 6.26. The number of hydrogen-bond donors (Lipinski definition) is 0. The molecule has 0 N–H and O–H groups in total. The molecule has 120 valence electrons. The first-order valence-electron chi connectivity index (χ1n) is 7.15. The Labute approximate surface area is 139 Å². The van der Waals surface area contributed by atoms with Crippen LogP contribution in [0.5, 0.6) is 5.75 Å². The molecule has 0 amide bonds. The summed E-state index contributed by atoms with van der Waals surface area (Å²) in [4.78, 5) is 29.3. The molecule has 0 aliphatic carbocycles. The molecule has 3 heterocycles. The van der Waals surface area contributed by atoms with Crippen LogP contribution in [-0.4, -0.2) is 32.6 Å². The van der Waals surface area contributed by atoms with Crippen molar-refractivity contribution in [3.8, 4) is 5.75 Å². The summed E-state index contributed by atoms with van der Waals surface area (Å²) in [6.07, 6.45) is 2.12. The average molecular weight is 340 g/mol. The number of rotatable bonds is 4. The Bertz CT molecular complexity index is 1110. The van der Waals surface area contributed by atoms with Crippen LogP contribution < -0.4 is 10.4 Å². The van der Waals surface area contributed by atoms with E-state index in [9.17, 15) is 9.59 Å². The fourth-order valence-corrected chi connectivity index (χ4v) is 3.60. The highest BCUT2D eigenvalue weighted by Crippen LogP contribution is 2.26. The summed E-state index contributed by atoms with van der Waals surface area (Å²) in [5.74, 6) is 0.752. The minimum Gasteiger partial charge on any atom is -0.497 e. The summed E-state index contributed by atoms with van der Waals surface area (Å²) in [5.41, 5.74) is 1.12.